The normalized spacial score (nSPS) is 18.2. The van der Waals surface area contributed by atoms with Crippen molar-refractivity contribution in [2.45, 2.75) is 19.4 Å². The molecule has 0 radical (unpaired) electrons. The molecule has 0 saturated heterocycles. The fourth-order valence-electron chi connectivity index (χ4n) is 2.26. The van der Waals surface area contributed by atoms with Crippen LogP contribution in [0.15, 0.2) is 28.8 Å². The zero-order valence-corrected chi connectivity index (χ0v) is 10.4. The molecule has 6 heteroatoms. The third-order valence-electron chi connectivity index (χ3n) is 3.18. The molecule has 3 heterocycles. The minimum Gasteiger partial charge on any atom is -0.465 e. The zero-order chi connectivity index (χ0) is 13.4. The first kappa shape index (κ1) is 11.7. The maximum absolute atomic E-state index is 11.0. The molecule has 1 N–H and O–H groups in total. The zero-order valence-electron chi connectivity index (χ0n) is 10.4. The Bertz CT molecular complexity index is 609. The van der Waals surface area contributed by atoms with Crippen molar-refractivity contribution in [3.8, 4) is 11.6 Å². The predicted octanol–water partition coefficient (Wildman–Crippen LogP) is 2.33. The van der Waals surface area contributed by atoms with Gasteiger partial charge in [-0.25, -0.2) is 9.78 Å². The first-order valence-electron chi connectivity index (χ1n) is 6.04. The van der Waals surface area contributed by atoms with Crippen molar-refractivity contribution in [1.29, 1.82) is 0 Å². The van der Waals surface area contributed by atoms with Gasteiger partial charge in [0, 0.05) is 18.7 Å². The molecule has 0 aliphatic carbocycles. The summed E-state index contributed by atoms with van der Waals surface area (Å²) in [4.78, 5) is 21.0. The fourth-order valence-corrected chi connectivity index (χ4v) is 2.26. The average molecular weight is 259 g/mol. The van der Waals surface area contributed by atoms with Crippen LogP contribution in [0.2, 0.25) is 0 Å². The van der Waals surface area contributed by atoms with Crippen LogP contribution in [-0.2, 0) is 6.54 Å². The highest BCUT2D eigenvalue weighted by Gasteiger charge is 2.30. The summed E-state index contributed by atoms with van der Waals surface area (Å²) in [5.41, 5.74) is 1.49. The Labute approximate surface area is 109 Å². The first-order valence-corrected chi connectivity index (χ1v) is 6.04. The lowest BCUT2D eigenvalue weighted by Crippen LogP contribution is -2.36. The molecule has 0 bridgehead atoms. The molecular weight excluding hydrogens is 246 g/mol. The molecule has 2 aromatic heterocycles. The number of oxazole rings is 1. The quantitative estimate of drug-likeness (QED) is 0.850. The molecule has 1 atom stereocenters. The summed E-state index contributed by atoms with van der Waals surface area (Å²) in [6.45, 7) is 2.63. The van der Waals surface area contributed by atoms with Crippen LogP contribution in [0, 0.1) is 0 Å². The second-order valence-electron chi connectivity index (χ2n) is 4.61. The van der Waals surface area contributed by atoms with E-state index >= 15 is 0 Å². The van der Waals surface area contributed by atoms with Gasteiger partial charge in [-0.15, -0.1) is 0 Å². The summed E-state index contributed by atoms with van der Waals surface area (Å²) in [5.74, 6) is 1.09. The number of carboxylic acid groups (broad SMARTS) is 1. The Hall–Kier alpha value is -2.37. The highest BCUT2D eigenvalue weighted by Crippen LogP contribution is 2.31. The van der Waals surface area contributed by atoms with E-state index in [0.29, 0.717) is 23.9 Å². The topological polar surface area (TPSA) is 79.5 Å². The maximum atomic E-state index is 11.0. The fraction of sp³-hybridized carbons (Fsp3) is 0.308. The highest BCUT2D eigenvalue weighted by atomic mass is 16.4. The minimum absolute atomic E-state index is 0.0288. The largest absolute Gasteiger partial charge is 0.465 e. The summed E-state index contributed by atoms with van der Waals surface area (Å²) < 4.78 is 5.66. The summed E-state index contributed by atoms with van der Waals surface area (Å²) >= 11 is 0. The van der Waals surface area contributed by atoms with Crippen molar-refractivity contribution < 1.29 is 14.3 Å². The Morgan fingerprint density at radius 2 is 2.37 bits per heavy atom. The van der Waals surface area contributed by atoms with Gasteiger partial charge in [0.15, 0.2) is 0 Å². The molecule has 19 heavy (non-hydrogen) atoms. The number of rotatable bonds is 1. The number of hydrogen-bond donors (Lipinski definition) is 1. The molecule has 0 spiro atoms. The van der Waals surface area contributed by atoms with Crippen LogP contribution in [0.5, 0.6) is 0 Å². The van der Waals surface area contributed by atoms with Crippen molar-refractivity contribution in [2.24, 2.45) is 0 Å². The Balaban J connectivity index is 1.98. The van der Waals surface area contributed by atoms with Gasteiger partial charge in [-0.3, -0.25) is 4.98 Å². The molecule has 0 saturated carbocycles. The second-order valence-corrected chi connectivity index (χ2v) is 4.61. The van der Waals surface area contributed by atoms with Crippen LogP contribution in [0.3, 0.4) is 0 Å². The summed E-state index contributed by atoms with van der Waals surface area (Å²) in [6.07, 6.45) is 0.735. The van der Waals surface area contributed by atoms with E-state index in [9.17, 15) is 4.79 Å². The van der Waals surface area contributed by atoms with Crippen LogP contribution in [-0.4, -0.2) is 32.6 Å². The van der Waals surface area contributed by atoms with Gasteiger partial charge in [-0.1, -0.05) is 13.0 Å². The van der Waals surface area contributed by atoms with E-state index in [-0.39, 0.29) is 12.5 Å². The predicted molar refractivity (Wildman–Crippen MR) is 66.6 cm³/mol. The number of hydrogen-bond acceptors (Lipinski definition) is 4. The molecule has 1 unspecified atom stereocenters. The van der Waals surface area contributed by atoms with E-state index < -0.39 is 6.09 Å². The summed E-state index contributed by atoms with van der Waals surface area (Å²) in [7, 11) is 0. The molecule has 0 fully saturated rings. The van der Waals surface area contributed by atoms with E-state index in [0.717, 1.165) is 5.69 Å². The van der Waals surface area contributed by atoms with Crippen molar-refractivity contribution in [3.05, 3.63) is 35.9 Å². The van der Waals surface area contributed by atoms with Crippen LogP contribution in [0.25, 0.3) is 11.6 Å². The van der Waals surface area contributed by atoms with Gasteiger partial charge < -0.3 is 14.4 Å². The highest BCUT2D eigenvalue weighted by molar-refractivity contribution is 5.65. The van der Waals surface area contributed by atoms with Gasteiger partial charge in [-0.05, 0) is 12.1 Å². The first-order chi connectivity index (χ1) is 9.15. The van der Waals surface area contributed by atoms with Gasteiger partial charge in [-0.2, -0.15) is 0 Å². The Morgan fingerprint density at radius 3 is 3.05 bits per heavy atom. The number of amides is 1. The van der Waals surface area contributed by atoms with E-state index in [1.807, 2.05) is 25.1 Å². The lowest BCUT2D eigenvalue weighted by Gasteiger charge is -2.26. The number of aromatic nitrogens is 2. The molecule has 3 rings (SSSR count). The molecule has 1 amide bonds. The van der Waals surface area contributed by atoms with Crippen molar-refractivity contribution >= 4 is 6.09 Å². The Morgan fingerprint density at radius 1 is 1.53 bits per heavy atom. The average Bonchev–Trinajstić information content (AvgIpc) is 2.84. The van der Waals surface area contributed by atoms with E-state index in [4.69, 9.17) is 9.52 Å². The molecule has 2 aromatic rings. The van der Waals surface area contributed by atoms with E-state index in [2.05, 4.69) is 9.97 Å². The Kier molecular flexibility index (Phi) is 2.70. The van der Waals surface area contributed by atoms with Crippen LogP contribution < -0.4 is 0 Å². The van der Waals surface area contributed by atoms with Crippen molar-refractivity contribution in [1.82, 2.24) is 14.9 Å². The van der Waals surface area contributed by atoms with Crippen LogP contribution in [0.1, 0.15) is 24.3 Å². The molecular formula is C13H13N3O3. The molecule has 0 aromatic carbocycles. The summed E-state index contributed by atoms with van der Waals surface area (Å²) in [6, 6.07) is 5.50. The summed E-state index contributed by atoms with van der Waals surface area (Å²) in [5, 5.41) is 9.06. The smallest absolute Gasteiger partial charge is 0.407 e. The van der Waals surface area contributed by atoms with Gasteiger partial charge in [0.1, 0.15) is 11.5 Å². The number of pyridine rings is 1. The standard InChI is InChI=1S/C13H13N3O3/c1-8-6-16(13(17)18)7-10-11(8)15-12(19-10)9-4-2-3-5-14-9/h2-5,8H,6-7H2,1H3,(H,17,18). The SMILES string of the molecule is CC1CN(C(=O)O)Cc2oc(-c3ccccn3)nc21. The monoisotopic (exact) mass is 259 g/mol. The third-order valence-corrected chi connectivity index (χ3v) is 3.18. The lowest BCUT2D eigenvalue weighted by atomic mass is 10.0. The van der Waals surface area contributed by atoms with Gasteiger partial charge in [0.25, 0.3) is 0 Å². The molecule has 1 aliphatic rings. The molecule has 1 aliphatic heterocycles. The van der Waals surface area contributed by atoms with E-state index in [1.54, 1.807) is 6.20 Å². The van der Waals surface area contributed by atoms with Crippen molar-refractivity contribution in [2.75, 3.05) is 6.54 Å². The van der Waals surface area contributed by atoms with E-state index in [1.165, 1.54) is 4.90 Å². The maximum Gasteiger partial charge on any atom is 0.407 e. The minimum atomic E-state index is -0.937. The lowest BCUT2D eigenvalue weighted by molar-refractivity contribution is 0.130. The van der Waals surface area contributed by atoms with Gasteiger partial charge in [0.2, 0.25) is 5.89 Å². The third kappa shape index (κ3) is 2.05. The molecule has 98 valence electrons. The van der Waals surface area contributed by atoms with Crippen LogP contribution >= 0.6 is 0 Å². The number of carbonyl (C=O) groups is 1. The molecule has 6 nitrogen and oxygen atoms in total. The van der Waals surface area contributed by atoms with Crippen LogP contribution in [0.4, 0.5) is 4.79 Å². The van der Waals surface area contributed by atoms with Gasteiger partial charge >= 0.3 is 6.09 Å². The van der Waals surface area contributed by atoms with Crippen molar-refractivity contribution in [3.63, 3.8) is 0 Å². The number of nitrogens with zero attached hydrogens (tertiary/aromatic N) is 3. The van der Waals surface area contributed by atoms with Gasteiger partial charge in [0.05, 0.1) is 12.2 Å². The number of fused-ring (bicyclic) bond motifs is 1. The second kappa shape index (κ2) is 4.38.